The predicted octanol–water partition coefficient (Wildman–Crippen LogP) is 4.51. The molecule has 254 valence electrons. The first-order valence-corrected chi connectivity index (χ1v) is 18.4. The van der Waals surface area contributed by atoms with Crippen molar-refractivity contribution < 1.29 is 37.0 Å². The van der Waals surface area contributed by atoms with E-state index in [0.29, 0.717) is 22.2 Å². The van der Waals surface area contributed by atoms with Gasteiger partial charge in [-0.15, -0.1) is 0 Å². The van der Waals surface area contributed by atoms with Crippen molar-refractivity contribution >= 4 is 102 Å². The molecular weight excluding hydrogens is 719 g/mol. The molecule has 1 atom stereocenters. The quantitative estimate of drug-likeness (QED) is 0.132. The molecule has 0 spiro atoms. The summed E-state index contributed by atoms with van der Waals surface area (Å²) in [5.74, 6) is -1.72. The lowest BCUT2D eigenvalue weighted by Gasteiger charge is -2.27. The number of amides is 1. The molecule has 5 rings (SSSR count). The van der Waals surface area contributed by atoms with Crippen molar-refractivity contribution in [3.63, 3.8) is 0 Å². The molecule has 1 aliphatic rings. The number of thiazole rings is 1. The topological polar surface area (TPSA) is 154 Å². The second kappa shape index (κ2) is 16.2. The van der Waals surface area contributed by atoms with Gasteiger partial charge >= 0.3 is 0 Å². The molecule has 3 aromatic carbocycles. The maximum absolute atomic E-state index is 11.6. The van der Waals surface area contributed by atoms with Crippen LogP contribution < -0.4 is 24.8 Å². The Morgan fingerprint density at radius 3 is 2.38 bits per heavy atom. The lowest BCUT2D eigenvalue weighted by Crippen LogP contribution is -2.44. The van der Waals surface area contributed by atoms with E-state index in [-0.39, 0.29) is 19.0 Å². The minimum atomic E-state index is -4.31. The van der Waals surface area contributed by atoms with Gasteiger partial charge in [0.2, 0.25) is 18.1 Å². The second-order valence-corrected chi connectivity index (χ2v) is 15.2. The number of nitrogens with one attached hydrogen (secondary N) is 1. The zero-order valence-electron chi connectivity index (χ0n) is 26.0. The standard InChI is InChI=1S/C21H19Cl2N3O4S3.C11H13NO3/c1-13(27)24-12-26-17-10-15(23)4-6-19(17)32-21(26)11-20-25(7-2-8-33(28,29)30)16-9-14(22)3-5-18(16)31-20;1-8(11(14)15)12(2)10-5-3-9(7-13)4-6-10/h3-6,9-11H,2,7-8,12H2,1H3,(H-,24,27,28,29,30);3-8H,1-2H3,(H,14,15)/p-1. The zero-order valence-corrected chi connectivity index (χ0v) is 30.0. The van der Waals surface area contributed by atoms with Crippen LogP contribution in [-0.4, -0.2) is 56.5 Å². The van der Waals surface area contributed by atoms with Gasteiger partial charge in [0.1, 0.15) is 11.0 Å². The van der Waals surface area contributed by atoms with Gasteiger partial charge in [0.15, 0.2) is 0 Å². The number of fused-ring (bicyclic) bond motifs is 2. The molecule has 11 nitrogen and oxygen atoms in total. The summed E-state index contributed by atoms with van der Waals surface area (Å²) in [5.41, 5.74) is 3.05. The van der Waals surface area contributed by atoms with E-state index in [0.717, 1.165) is 42.8 Å². The number of nitrogens with zero attached hydrogens (tertiary/aromatic N) is 3. The molecule has 48 heavy (non-hydrogen) atoms. The molecule has 1 aromatic heterocycles. The van der Waals surface area contributed by atoms with Crippen LogP contribution in [0.1, 0.15) is 35.6 Å². The van der Waals surface area contributed by atoms with Crippen LogP contribution in [0.25, 0.3) is 16.3 Å². The monoisotopic (exact) mass is 749 g/mol. The van der Waals surface area contributed by atoms with E-state index >= 15 is 0 Å². The van der Waals surface area contributed by atoms with E-state index in [1.807, 2.05) is 45.9 Å². The predicted molar refractivity (Wildman–Crippen MR) is 187 cm³/mol. The number of aliphatic carboxylic acids is 1. The lowest BCUT2D eigenvalue weighted by molar-refractivity contribution is -0.672. The van der Waals surface area contributed by atoms with Crippen molar-refractivity contribution in [1.29, 1.82) is 0 Å². The highest BCUT2D eigenvalue weighted by atomic mass is 35.5. The number of hydrogen-bond acceptors (Lipinski definition) is 11. The first kappa shape index (κ1) is 37.2. The fourth-order valence-corrected chi connectivity index (χ4v) is 7.70. The van der Waals surface area contributed by atoms with E-state index in [9.17, 15) is 32.5 Å². The van der Waals surface area contributed by atoms with Gasteiger partial charge in [-0.2, -0.15) is 4.57 Å². The van der Waals surface area contributed by atoms with Crippen LogP contribution in [0.3, 0.4) is 0 Å². The highest BCUT2D eigenvalue weighted by Crippen LogP contribution is 2.48. The minimum absolute atomic E-state index is 0.153. The fourth-order valence-electron chi connectivity index (χ4n) is 4.62. The maximum Gasteiger partial charge on any atom is 0.267 e. The summed E-state index contributed by atoms with van der Waals surface area (Å²) >= 11 is 15.5. The number of carboxylic acid groups (broad SMARTS) is 1. The number of hydrogen-bond donors (Lipinski definition) is 1. The Kier molecular flexibility index (Phi) is 12.5. The van der Waals surface area contributed by atoms with Crippen molar-refractivity contribution in [2.24, 2.45) is 0 Å². The van der Waals surface area contributed by atoms with Crippen LogP contribution >= 0.6 is 46.3 Å². The van der Waals surface area contributed by atoms with Crippen molar-refractivity contribution in [3.05, 3.63) is 86.3 Å². The summed E-state index contributed by atoms with van der Waals surface area (Å²) in [6.45, 7) is 3.62. The number of carbonyl (C=O) groups is 3. The largest absolute Gasteiger partial charge is 0.748 e. The third-order valence-electron chi connectivity index (χ3n) is 7.25. The van der Waals surface area contributed by atoms with Gasteiger partial charge in [0, 0.05) is 58.5 Å². The number of carboxylic acids is 1. The average molecular weight is 751 g/mol. The number of rotatable bonds is 11. The van der Waals surface area contributed by atoms with Crippen LogP contribution in [0.4, 0.5) is 11.4 Å². The molecule has 0 radical (unpaired) electrons. The second-order valence-electron chi connectivity index (χ2n) is 10.7. The van der Waals surface area contributed by atoms with Gasteiger partial charge in [-0.25, -0.2) is 8.42 Å². The third-order valence-corrected chi connectivity index (χ3v) is 10.7. The summed E-state index contributed by atoms with van der Waals surface area (Å²) in [7, 11) is -2.64. The van der Waals surface area contributed by atoms with Crippen LogP contribution in [0, 0.1) is 0 Å². The van der Waals surface area contributed by atoms with E-state index in [2.05, 4.69) is 5.32 Å². The molecule has 2 heterocycles. The van der Waals surface area contributed by atoms with Crippen molar-refractivity contribution in [2.75, 3.05) is 29.1 Å². The fraction of sp³-hybridized carbons (Fsp3) is 0.250. The summed E-state index contributed by atoms with van der Waals surface area (Å²) in [6.07, 6.45) is 2.92. The Balaban J connectivity index is 0.000000291. The smallest absolute Gasteiger partial charge is 0.267 e. The molecule has 0 saturated heterocycles. The van der Waals surface area contributed by atoms with Gasteiger partial charge in [0.25, 0.3) is 5.01 Å². The van der Waals surface area contributed by atoms with Crippen LogP contribution in [-0.2, 0) is 26.4 Å². The van der Waals surface area contributed by atoms with Crippen LogP contribution in [0.15, 0.2) is 70.6 Å². The number of likely N-dealkylation sites (N-methyl/N-ethyl adjacent to an activating group) is 1. The molecule has 1 unspecified atom stereocenters. The van der Waals surface area contributed by atoms with Gasteiger partial charge in [-0.3, -0.25) is 9.59 Å². The van der Waals surface area contributed by atoms with Crippen LogP contribution in [0.5, 0.6) is 0 Å². The van der Waals surface area contributed by atoms with Gasteiger partial charge in [-0.1, -0.05) is 46.3 Å². The Labute approximate surface area is 296 Å². The third kappa shape index (κ3) is 9.71. The zero-order chi connectivity index (χ0) is 35.2. The first-order chi connectivity index (χ1) is 22.7. The van der Waals surface area contributed by atoms with Crippen LogP contribution in [0.2, 0.25) is 10.0 Å². The SMILES string of the molecule is CC(=O)NC[n+]1c(/C=C2\Sc3ccc(Cl)cc3N2CCCS(=O)(=O)[O-])sc2ccc(Cl)cc21.CC(C(=O)[O-])N(C)c1ccc(C=O)cc1. The molecule has 0 fully saturated rings. The number of carbonyl (C=O) groups excluding carboxylic acids is 3. The summed E-state index contributed by atoms with van der Waals surface area (Å²) in [5, 5.41) is 16.4. The van der Waals surface area contributed by atoms with E-state index in [1.54, 1.807) is 60.5 Å². The number of halogens is 2. The Hall–Kier alpha value is -3.66. The molecule has 4 aromatic rings. The molecule has 0 aliphatic carbocycles. The summed E-state index contributed by atoms with van der Waals surface area (Å²) in [6, 6.07) is 17.1. The first-order valence-electron chi connectivity index (χ1n) is 14.4. The lowest BCUT2D eigenvalue weighted by atomic mass is 10.2. The van der Waals surface area contributed by atoms with Gasteiger partial charge in [-0.05, 0) is 67.9 Å². The highest BCUT2D eigenvalue weighted by Gasteiger charge is 2.28. The minimum Gasteiger partial charge on any atom is -0.748 e. The molecule has 0 saturated carbocycles. The van der Waals surface area contributed by atoms with Crippen molar-refractivity contribution in [1.82, 2.24) is 5.32 Å². The Morgan fingerprint density at radius 1 is 1.08 bits per heavy atom. The maximum atomic E-state index is 11.6. The molecule has 0 bridgehead atoms. The van der Waals surface area contributed by atoms with E-state index in [1.165, 1.54) is 18.7 Å². The summed E-state index contributed by atoms with van der Waals surface area (Å²) < 4.78 is 36.3. The average Bonchev–Trinajstić information content (AvgIpc) is 3.55. The van der Waals surface area contributed by atoms with Gasteiger partial charge in [0.05, 0.1) is 38.9 Å². The molecule has 1 N–H and O–H groups in total. The number of benzene rings is 3. The number of aldehydes is 1. The number of thioether (sulfide) groups is 1. The van der Waals surface area contributed by atoms with E-state index in [4.69, 9.17) is 23.2 Å². The number of anilines is 2. The molecule has 1 amide bonds. The Bertz CT molecular complexity index is 1970. The normalized spacial score (nSPS) is 13.9. The Morgan fingerprint density at radius 2 is 1.75 bits per heavy atom. The summed E-state index contributed by atoms with van der Waals surface area (Å²) in [4.78, 5) is 37.1. The van der Waals surface area contributed by atoms with Crippen molar-refractivity contribution in [2.45, 2.75) is 37.9 Å². The number of aromatic nitrogens is 1. The molecule has 1 aliphatic heterocycles. The van der Waals surface area contributed by atoms with Crippen molar-refractivity contribution in [3.8, 4) is 0 Å². The van der Waals surface area contributed by atoms with E-state index < -0.39 is 27.9 Å². The highest BCUT2D eigenvalue weighted by molar-refractivity contribution is 8.03. The van der Waals surface area contributed by atoms with Gasteiger partial charge < -0.3 is 29.6 Å². The molecular formula is C32H31Cl2N4O7S3-. The molecule has 16 heteroatoms.